The van der Waals surface area contributed by atoms with Crippen LogP contribution in [0, 0.1) is 0 Å². The highest BCUT2D eigenvalue weighted by Crippen LogP contribution is 2.06. The molecule has 1 atom stereocenters. The van der Waals surface area contributed by atoms with E-state index in [0.29, 0.717) is 0 Å². The second-order valence-electron chi connectivity index (χ2n) is 5.38. The van der Waals surface area contributed by atoms with Crippen LogP contribution in [0.15, 0.2) is 60.7 Å². The number of carbonyl (C=O) groups is 2. The minimum absolute atomic E-state index is 0.0778. The van der Waals surface area contributed by atoms with E-state index in [-0.39, 0.29) is 32.0 Å². The van der Waals surface area contributed by atoms with Gasteiger partial charge in [0.25, 0.3) is 0 Å². The molecule has 0 spiro atoms. The topological polar surface area (TPSA) is 78.6 Å². The van der Waals surface area contributed by atoms with Crippen molar-refractivity contribution in [1.29, 1.82) is 0 Å². The molecule has 0 aliphatic rings. The Morgan fingerprint density at radius 1 is 0.833 bits per heavy atom. The van der Waals surface area contributed by atoms with Crippen molar-refractivity contribution in [1.82, 2.24) is 0 Å². The first-order valence-electron chi connectivity index (χ1n) is 7.81. The zero-order valence-corrected chi connectivity index (χ0v) is 13.4. The zero-order valence-electron chi connectivity index (χ0n) is 13.4. The van der Waals surface area contributed by atoms with Crippen LogP contribution in [0.5, 0.6) is 0 Å². The van der Waals surface area contributed by atoms with Gasteiger partial charge >= 0.3 is 11.9 Å². The van der Waals surface area contributed by atoms with Gasteiger partial charge in [-0.25, -0.2) is 0 Å². The monoisotopic (exact) mass is 327 g/mol. The fraction of sp³-hybridized carbons (Fsp3) is 0.263. The molecule has 2 rings (SSSR count). The Kier molecular flexibility index (Phi) is 6.98. The van der Waals surface area contributed by atoms with E-state index in [1.807, 2.05) is 60.7 Å². The molecule has 0 bridgehead atoms. The van der Waals surface area contributed by atoms with Crippen molar-refractivity contribution in [2.24, 2.45) is 5.73 Å². The second kappa shape index (κ2) is 9.47. The van der Waals surface area contributed by atoms with E-state index >= 15 is 0 Å². The predicted molar refractivity (Wildman–Crippen MR) is 89.7 cm³/mol. The molecule has 5 heteroatoms. The summed E-state index contributed by atoms with van der Waals surface area (Å²) >= 11 is 0. The van der Waals surface area contributed by atoms with Crippen molar-refractivity contribution in [2.75, 3.05) is 0 Å². The number of ether oxygens (including phenoxy) is 2. The third-order valence-electron chi connectivity index (χ3n) is 3.43. The van der Waals surface area contributed by atoms with E-state index in [2.05, 4.69) is 0 Å². The smallest absolute Gasteiger partial charge is 0.323 e. The third kappa shape index (κ3) is 6.22. The Morgan fingerprint density at radius 3 is 1.88 bits per heavy atom. The van der Waals surface area contributed by atoms with Crippen LogP contribution in [0.25, 0.3) is 0 Å². The van der Waals surface area contributed by atoms with E-state index < -0.39 is 12.0 Å². The second-order valence-corrected chi connectivity index (χ2v) is 5.38. The Morgan fingerprint density at radius 2 is 1.33 bits per heavy atom. The molecule has 0 aliphatic carbocycles. The molecule has 0 heterocycles. The van der Waals surface area contributed by atoms with Crippen LogP contribution in [0.1, 0.15) is 24.0 Å². The van der Waals surface area contributed by atoms with Gasteiger partial charge in [-0.3, -0.25) is 9.59 Å². The van der Waals surface area contributed by atoms with Crippen LogP contribution in [0.4, 0.5) is 0 Å². The Labute approximate surface area is 141 Å². The largest absolute Gasteiger partial charge is 0.461 e. The summed E-state index contributed by atoms with van der Waals surface area (Å²) in [5.41, 5.74) is 7.56. The SMILES string of the molecule is N[C@H](CCC(=O)OCc1ccccc1)C(=O)OCc1ccccc1. The van der Waals surface area contributed by atoms with Crippen molar-refractivity contribution in [3.05, 3.63) is 71.8 Å². The molecule has 0 unspecified atom stereocenters. The van der Waals surface area contributed by atoms with E-state index in [4.69, 9.17) is 15.2 Å². The highest BCUT2D eigenvalue weighted by Gasteiger charge is 2.17. The highest BCUT2D eigenvalue weighted by molar-refractivity contribution is 5.77. The van der Waals surface area contributed by atoms with Gasteiger partial charge in [-0.2, -0.15) is 0 Å². The van der Waals surface area contributed by atoms with Gasteiger partial charge in [0.15, 0.2) is 0 Å². The van der Waals surface area contributed by atoms with Crippen molar-refractivity contribution in [3.63, 3.8) is 0 Å². The van der Waals surface area contributed by atoms with Crippen LogP contribution in [-0.2, 0) is 32.3 Å². The highest BCUT2D eigenvalue weighted by atomic mass is 16.5. The van der Waals surface area contributed by atoms with E-state index in [1.54, 1.807) is 0 Å². The average molecular weight is 327 g/mol. The normalized spacial score (nSPS) is 11.5. The zero-order chi connectivity index (χ0) is 17.2. The van der Waals surface area contributed by atoms with Gasteiger partial charge in [0.05, 0.1) is 0 Å². The Balaban J connectivity index is 1.65. The first kappa shape index (κ1) is 17.7. The lowest BCUT2D eigenvalue weighted by Gasteiger charge is -2.11. The predicted octanol–water partition coefficient (Wildman–Crippen LogP) is 2.58. The lowest BCUT2D eigenvalue weighted by Crippen LogP contribution is -2.32. The average Bonchev–Trinajstić information content (AvgIpc) is 2.64. The Hall–Kier alpha value is -2.66. The summed E-state index contributed by atoms with van der Waals surface area (Å²) in [6.45, 7) is 0.388. The van der Waals surface area contributed by atoms with Crippen molar-refractivity contribution in [3.8, 4) is 0 Å². The molecule has 0 saturated heterocycles. The lowest BCUT2D eigenvalue weighted by atomic mass is 10.1. The summed E-state index contributed by atoms with van der Waals surface area (Å²) in [7, 11) is 0. The molecule has 0 aliphatic heterocycles. The first-order valence-corrected chi connectivity index (χ1v) is 7.81. The van der Waals surface area contributed by atoms with Crippen molar-refractivity contribution < 1.29 is 19.1 Å². The minimum Gasteiger partial charge on any atom is -0.461 e. The summed E-state index contributed by atoms with van der Waals surface area (Å²) in [6.07, 6.45) is 0.273. The van der Waals surface area contributed by atoms with Crippen LogP contribution in [0.3, 0.4) is 0 Å². The van der Waals surface area contributed by atoms with Gasteiger partial charge in [0, 0.05) is 6.42 Å². The summed E-state index contributed by atoms with van der Waals surface area (Å²) in [5.74, 6) is -0.903. The molecule has 0 radical (unpaired) electrons. The molecule has 0 saturated carbocycles. The maximum absolute atomic E-state index is 11.8. The molecule has 0 fully saturated rings. The standard InChI is InChI=1S/C19H21NO4/c20-17(19(22)24-14-16-9-5-2-6-10-16)11-12-18(21)23-13-15-7-3-1-4-8-15/h1-10,17H,11-14,20H2/t17-/m1/s1. The molecule has 0 amide bonds. The molecule has 24 heavy (non-hydrogen) atoms. The molecular weight excluding hydrogens is 306 g/mol. The number of carbonyl (C=O) groups excluding carboxylic acids is 2. The number of esters is 2. The van der Waals surface area contributed by atoms with Gasteiger partial charge < -0.3 is 15.2 Å². The van der Waals surface area contributed by atoms with Crippen LogP contribution < -0.4 is 5.73 Å². The number of rotatable bonds is 8. The van der Waals surface area contributed by atoms with Gasteiger partial charge in [0.1, 0.15) is 19.3 Å². The lowest BCUT2D eigenvalue weighted by molar-refractivity contribution is -0.148. The number of nitrogens with two attached hydrogens (primary N) is 1. The van der Waals surface area contributed by atoms with Gasteiger partial charge in [-0.05, 0) is 17.5 Å². The number of benzene rings is 2. The molecule has 2 aromatic carbocycles. The quantitative estimate of drug-likeness (QED) is 0.754. The van der Waals surface area contributed by atoms with Gasteiger partial charge in [0.2, 0.25) is 0 Å². The molecule has 2 N–H and O–H groups in total. The molecule has 0 aromatic heterocycles. The first-order chi connectivity index (χ1) is 11.6. The fourth-order valence-corrected chi connectivity index (χ4v) is 2.04. The number of hydrogen-bond acceptors (Lipinski definition) is 5. The third-order valence-corrected chi connectivity index (χ3v) is 3.43. The van der Waals surface area contributed by atoms with E-state index in [0.717, 1.165) is 11.1 Å². The van der Waals surface area contributed by atoms with Gasteiger partial charge in [-0.1, -0.05) is 60.7 Å². The summed E-state index contributed by atoms with van der Waals surface area (Å²) < 4.78 is 10.3. The van der Waals surface area contributed by atoms with Crippen molar-refractivity contribution >= 4 is 11.9 Å². The molecule has 2 aromatic rings. The van der Waals surface area contributed by atoms with Crippen LogP contribution >= 0.6 is 0 Å². The van der Waals surface area contributed by atoms with Crippen molar-refractivity contribution in [2.45, 2.75) is 32.1 Å². The molecule has 5 nitrogen and oxygen atoms in total. The summed E-state index contributed by atoms with van der Waals surface area (Å²) in [4.78, 5) is 23.5. The molecule has 126 valence electrons. The number of hydrogen-bond donors (Lipinski definition) is 1. The Bertz CT molecular complexity index is 643. The minimum atomic E-state index is -0.835. The molecular formula is C19H21NO4. The van der Waals surface area contributed by atoms with E-state index in [9.17, 15) is 9.59 Å². The maximum atomic E-state index is 11.8. The van der Waals surface area contributed by atoms with Crippen LogP contribution in [0.2, 0.25) is 0 Å². The van der Waals surface area contributed by atoms with E-state index in [1.165, 1.54) is 0 Å². The maximum Gasteiger partial charge on any atom is 0.323 e. The summed E-state index contributed by atoms with van der Waals surface area (Å²) in [5, 5.41) is 0. The van der Waals surface area contributed by atoms with Gasteiger partial charge in [-0.15, -0.1) is 0 Å². The summed E-state index contributed by atoms with van der Waals surface area (Å²) in [6, 6.07) is 17.9. The van der Waals surface area contributed by atoms with Crippen LogP contribution in [-0.4, -0.2) is 18.0 Å². The fourth-order valence-electron chi connectivity index (χ4n) is 2.04.